The third-order valence-electron chi connectivity index (χ3n) is 3.21. The maximum absolute atomic E-state index is 6.24. The fraction of sp³-hybridized carbons (Fsp3) is 0.875. The van der Waals surface area contributed by atoms with Crippen LogP contribution in [0.4, 0.5) is 0 Å². The molecule has 0 spiro atoms. The highest BCUT2D eigenvalue weighted by Gasteiger charge is 2.30. The van der Waals surface area contributed by atoms with E-state index in [0.29, 0.717) is 13.2 Å². The monoisotopic (exact) mass is 312 g/mol. The molecular formula is C16H32N4O2. The van der Waals surface area contributed by atoms with Crippen LogP contribution in [0.1, 0.15) is 60.1 Å². The predicted octanol–water partition coefficient (Wildman–Crippen LogP) is 2.72. The number of aromatic nitrogens is 3. The van der Waals surface area contributed by atoms with E-state index in [4.69, 9.17) is 15.2 Å². The van der Waals surface area contributed by atoms with Gasteiger partial charge in [-0.1, -0.05) is 26.0 Å². The van der Waals surface area contributed by atoms with Gasteiger partial charge in [-0.25, -0.2) is 0 Å². The molecule has 2 N–H and O–H groups in total. The smallest absolute Gasteiger partial charge is 0.114 e. The highest BCUT2D eigenvalue weighted by molar-refractivity contribution is 4.91. The van der Waals surface area contributed by atoms with Crippen LogP contribution >= 0.6 is 0 Å². The average molecular weight is 312 g/mol. The Labute approximate surface area is 134 Å². The van der Waals surface area contributed by atoms with E-state index in [0.717, 1.165) is 25.1 Å². The molecule has 0 aliphatic heterocycles. The van der Waals surface area contributed by atoms with E-state index in [-0.39, 0.29) is 11.5 Å². The molecular weight excluding hydrogens is 280 g/mol. The van der Waals surface area contributed by atoms with E-state index in [2.05, 4.69) is 31.1 Å². The van der Waals surface area contributed by atoms with Crippen molar-refractivity contribution in [3.05, 3.63) is 11.9 Å². The van der Waals surface area contributed by atoms with E-state index in [1.165, 1.54) is 0 Å². The van der Waals surface area contributed by atoms with Crippen LogP contribution < -0.4 is 5.73 Å². The molecule has 1 aromatic rings. The number of rotatable bonds is 10. The molecule has 1 unspecified atom stereocenters. The first-order chi connectivity index (χ1) is 10.1. The molecule has 0 saturated heterocycles. The van der Waals surface area contributed by atoms with Crippen molar-refractivity contribution >= 4 is 0 Å². The Morgan fingerprint density at radius 2 is 2.00 bits per heavy atom. The van der Waals surface area contributed by atoms with Crippen molar-refractivity contribution in [3.63, 3.8) is 0 Å². The molecule has 128 valence electrons. The Bertz CT molecular complexity index is 441. The summed E-state index contributed by atoms with van der Waals surface area (Å²) in [6.07, 6.45) is 3.84. The van der Waals surface area contributed by atoms with Crippen molar-refractivity contribution in [1.82, 2.24) is 15.0 Å². The van der Waals surface area contributed by atoms with Gasteiger partial charge in [0.05, 0.1) is 18.9 Å². The van der Waals surface area contributed by atoms with Crippen LogP contribution in [-0.4, -0.2) is 33.4 Å². The van der Waals surface area contributed by atoms with Gasteiger partial charge in [-0.15, -0.1) is 5.10 Å². The van der Waals surface area contributed by atoms with Crippen LogP contribution in [0.15, 0.2) is 6.20 Å². The quantitative estimate of drug-likeness (QED) is 0.672. The Hall–Kier alpha value is -0.980. The minimum atomic E-state index is -0.621. The summed E-state index contributed by atoms with van der Waals surface area (Å²) < 4.78 is 13.1. The Balaban J connectivity index is 2.56. The summed E-state index contributed by atoms with van der Waals surface area (Å²) in [4.78, 5) is 0. The van der Waals surface area contributed by atoms with Gasteiger partial charge in [0, 0.05) is 13.2 Å². The summed E-state index contributed by atoms with van der Waals surface area (Å²) in [7, 11) is 0. The van der Waals surface area contributed by atoms with Crippen LogP contribution in [0, 0.1) is 5.41 Å². The average Bonchev–Trinajstić information content (AvgIpc) is 2.79. The van der Waals surface area contributed by atoms with Gasteiger partial charge in [0.1, 0.15) is 11.4 Å². The van der Waals surface area contributed by atoms with Gasteiger partial charge in [-0.3, -0.25) is 4.68 Å². The molecule has 1 aromatic heterocycles. The molecule has 0 saturated carbocycles. The first-order valence-electron chi connectivity index (χ1n) is 8.07. The summed E-state index contributed by atoms with van der Waals surface area (Å²) >= 11 is 0. The number of nitrogens with two attached hydrogens (primary N) is 1. The molecule has 1 rings (SSSR count). The Morgan fingerprint density at radius 3 is 2.59 bits per heavy atom. The van der Waals surface area contributed by atoms with E-state index >= 15 is 0 Å². The lowest BCUT2D eigenvalue weighted by atomic mass is 9.84. The van der Waals surface area contributed by atoms with Gasteiger partial charge in [-0.05, 0) is 39.0 Å². The van der Waals surface area contributed by atoms with Crippen molar-refractivity contribution in [3.8, 4) is 0 Å². The number of nitrogens with zero attached hydrogens (tertiary/aromatic N) is 3. The SMILES string of the molecule is CCCOC(C)(N)CC(C)(C)Cn1cc(COC(C)C)nn1. The molecule has 22 heavy (non-hydrogen) atoms. The van der Waals surface area contributed by atoms with Gasteiger partial charge < -0.3 is 15.2 Å². The fourth-order valence-corrected chi connectivity index (χ4v) is 2.56. The Morgan fingerprint density at radius 1 is 1.32 bits per heavy atom. The molecule has 1 heterocycles. The zero-order valence-electron chi connectivity index (χ0n) is 14.9. The summed E-state index contributed by atoms with van der Waals surface area (Å²) in [5.74, 6) is 0. The van der Waals surface area contributed by atoms with Crippen molar-refractivity contribution in [1.29, 1.82) is 0 Å². The first kappa shape index (κ1) is 19.1. The lowest BCUT2D eigenvalue weighted by Crippen LogP contribution is -2.44. The minimum Gasteiger partial charge on any atom is -0.372 e. The lowest BCUT2D eigenvalue weighted by molar-refractivity contribution is -0.0576. The summed E-state index contributed by atoms with van der Waals surface area (Å²) in [6, 6.07) is 0. The van der Waals surface area contributed by atoms with Crippen LogP contribution in [0.5, 0.6) is 0 Å². The van der Waals surface area contributed by atoms with Gasteiger partial charge in [0.15, 0.2) is 0 Å². The largest absolute Gasteiger partial charge is 0.372 e. The van der Waals surface area contributed by atoms with Crippen molar-refractivity contribution in [2.24, 2.45) is 11.1 Å². The molecule has 0 aliphatic rings. The van der Waals surface area contributed by atoms with Crippen LogP contribution in [0.3, 0.4) is 0 Å². The molecule has 0 aliphatic carbocycles. The van der Waals surface area contributed by atoms with Crippen molar-refractivity contribution < 1.29 is 9.47 Å². The molecule has 0 aromatic carbocycles. The summed E-state index contributed by atoms with van der Waals surface area (Å²) in [6.45, 7) is 14.3. The van der Waals surface area contributed by atoms with E-state index in [1.54, 1.807) is 0 Å². The van der Waals surface area contributed by atoms with Crippen molar-refractivity contribution in [2.75, 3.05) is 6.61 Å². The maximum Gasteiger partial charge on any atom is 0.114 e. The highest BCUT2D eigenvalue weighted by atomic mass is 16.5. The van der Waals surface area contributed by atoms with Crippen LogP contribution in [-0.2, 0) is 22.6 Å². The summed E-state index contributed by atoms with van der Waals surface area (Å²) in [5.41, 5.74) is 6.43. The standard InChI is InChI=1S/C16H32N4O2/c1-7-8-22-16(6,17)11-15(4,5)12-20-9-14(18-19-20)10-21-13(2)3/h9,13H,7-8,10-12,17H2,1-6H3. The van der Waals surface area contributed by atoms with E-state index in [9.17, 15) is 0 Å². The van der Waals surface area contributed by atoms with Gasteiger partial charge in [0.2, 0.25) is 0 Å². The topological polar surface area (TPSA) is 75.2 Å². The lowest BCUT2D eigenvalue weighted by Gasteiger charge is -2.34. The third-order valence-corrected chi connectivity index (χ3v) is 3.21. The Kier molecular flexibility index (Phi) is 6.97. The van der Waals surface area contributed by atoms with Gasteiger partial charge in [0.25, 0.3) is 0 Å². The molecule has 0 radical (unpaired) electrons. The molecule has 0 fully saturated rings. The zero-order chi connectivity index (χ0) is 16.8. The molecule has 0 bridgehead atoms. The molecule has 1 atom stereocenters. The second-order valence-corrected chi connectivity index (χ2v) is 7.27. The molecule has 6 heteroatoms. The number of hydrogen-bond donors (Lipinski definition) is 1. The normalized spacial score (nSPS) is 15.3. The van der Waals surface area contributed by atoms with Crippen LogP contribution in [0.25, 0.3) is 0 Å². The fourth-order valence-electron chi connectivity index (χ4n) is 2.56. The molecule has 6 nitrogen and oxygen atoms in total. The van der Waals surface area contributed by atoms with E-state index < -0.39 is 5.72 Å². The van der Waals surface area contributed by atoms with E-state index in [1.807, 2.05) is 31.6 Å². The van der Waals surface area contributed by atoms with Crippen molar-refractivity contribution in [2.45, 2.75) is 79.4 Å². The minimum absolute atomic E-state index is 0.0406. The van der Waals surface area contributed by atoms with Gasteiger partial charge in [-0.2, -0.15) is 0 Å². The predicted molar refractivity (Wildman–Crippen MR) is 87.2 cm³/mol. The second kappa shape index (κ2) is 8.04. The van der Waals surface area contributed by atoms with Gasteiger partial charge >= 0.3 is 0 Å². The zero-order valence-corrected chi connectivity index (χ0v) is 14.9. The summed E-state index contributed by atoms with van der Waals surface area (Å²) in [5, 5.41) is 8.32. The molecule has 0 amide bonds. The number of ether oxygens (including phenoxy) is 2. The first-order valence-corrected chi connectivity index (χ1v) is 8.07. The third kappa shape index (κ3) is 7.33. The van der Waals surface area contributed by atoms with Crippen LogP contribution in [0.2, 0.25) is 0 Å². The highest BCUT2D eigenvalue weighted by Crippen LogP contribution is 2.29. The second-order valence-electron chi connectivity index (χ2n) is 7.27. The number of hydrogen-bond acceptors (Lipinski definition) is 5. The maximum atomic E-state index is 6.24.